The highest BCUT2D eigenvalue weighted by atomic mass is 16.5. The van der Waals surface area contributed by atoms with Crippen LogP contribution in [0, 0.1) is 0 Å². The highest BCUT2D eigenvalue weighted by Crippen LogP contribution is 2.16. The molecule has 2 rings (SSSR count). The van der Waals surface area contributed by atoms with Crippen LogP contribution < -0.4 is 11.5 Å². The quantitative estimate of drug-likeness (QED) is 0.743. The second-order valence-corrected chi connectivity index (χ2v) is 3.74. The van der Waals surface area contributed by atoms with Gasteiger partial charge in [0.1, 0.15) is 11.6 Å². The van der Waals surface area contributed by atoms with Gasteiger partial charge >= 0.3 is 0 Å². The van der Waals surface area contributed by atoms with Crippen molar-refractivity contribution in [1.29, 1.82) is 0 Å². The molecule has 1 aliphatic heterocycles. The first-order valence-corrected chi connectivity index (χ1v) is 5.21. The molecule has 15 heavy (non-hydrogen) atoms. The topological polar surface area (TPSA) is 87.0 Å². The van der Waals surface area contributed by atoms with Crippen molar-refractivity contribution in [2.24, 2.45) is 5.73 Å². The Morgan fingerprint density at radius 1 is 1.53 bits per heavy atom. The standard InChI is InChI=1S/C10H16N4O/c11-5-7-6-13-9(14-10(7)12)4-8-2-1-3-15-8/h6,8H,1-5,11H2,(H2,12,13,14). The summed E-state index contributed by atoms with van der Waals surface area (Å²) >= 11 is 0. The Morgan fingerprint density at radius 3 is 3.00 bits per heavy atom. The molecule has 1 unspecified atom stereocenters. The third-order valence-corrected chi connectivity index (χ3v) is 2.60. The van der Waals surface area contributed by atoms with Crippen molar-refractivity contribution in [3.05, 3.63) is 17.6 Å². The predicted molar refractivity (Wildman–Crippen MR) is 57.0 cm³/mol. The number of nitrogen functional groups attached to an aromatic ring is 1. The van der Waals surface area contributed by atoms with Crippen LogP contribution in [0.25, 0.3) is 0 Å². The van der Waals surface area contributed by atoms with Crippen molar-refractivity contribution in [2.45, 2.75) is 31.9 Å². The highest BCUT2D eigenvalue weighted by molar-refractivity contribution is 5.37. The van der Waals surface area contributed by atoms with E-state index < -0.39 is 0 Å². The Kier molecular flexibility index (Phi) is 3.13. The first-order chi connectivity index (χ1) is 7.29. The highest BCUT2D eigenvalue weighted by Gasteiger charge is 2.17. The maximum Gasteiger partial charge on any atom is 0.133 e. The minimum atomic E-state index is 0.258. The van der Waals surface area contributed by atoms with Gasteiger partial charge in [0.25, 0.3) is 0 Å². The van der Waals surface area contributed by atoms with Gasteiger partial charge in [-0.1, -0.05) is 0 Å². The lowest BCUT2D eigenvalue weighted by atomic mass is 10.2. The average Bonchev–Trinajstić information content (AvgIpc) is 2.71. The number of nitrogens with two attached hydrogens (primary N) is 2. The summed E-state index contributed by atoms with van der Waals surface area (Å²) in [7, 11) is 0. The third-order valence-electron chi connectivity index (χ3n) is 2.60. The summed E-state index contributed by atoms with van der Waals surface area (Å²) in [5.74, 6) is 1.23. The Bertz CT molecular complexity index is 336. The largest absolute Gasteiger partial charge is 0.383 e. The lowest BCUT2D eigenvalue weighted by molar-refractivity contribution is 0.110. The average molecular weight is 208 g/mol. The molecular formula is C10H16N4O. The first-order valence-electron chi connectivity index (χ1n) is 5.21. The van der Waals surface area contributed by atoms with Crippen LogP contribution in [0.2, 0.25) is 0 Å². The number of rotatable bonds is 3. The molecule has 1 aliphatic rings. The second kappa shape index (κ2) is 4.55. The normalized spacial score (nSPS) is 20.7. The van der Waals surface area contributed by atoms with Gasteiger partial charge < -0.3 is 16.2 Å². The van der Waals surface area contributed by atoms with Crippen LogP contribution in [0.15, 0.2) is 6.20 Å². The summed E-state index contributed by atoms with van der Waals surface area (Å²) in [6.45, 7) is 1.23. The first kappa shape index (κ1) is 10.3. The molecule has 0 amide bonds. The maximum absolute atomic E-state index is 5.73. The second-order valence-electron chi connectivity index (χ2n) is 3.74. The van der Waals surface area contributed by atoms with Crippen LogP contribution in [-0.2, 0) is 17.7 Å². The molecule has 0 aromatic carbocycles. The SMILES string of the molecule is NCc1cnc(CC2CCCO2)nc1N. The summed E-state index contributed by atoms with van der Waals surface area (Å²) in [6.07, 6.45) is 4.91. The van der Waals surface area contributed by atoms with E-state index in [1.165, 1.54) is 0 Å². The molecule has 0 aliphatic carbocycles. The molecule has 0 bridgehead atoms. The van der Waals surface area contributed by atoms with E-state index in [2.05, 4.69) is 9.97 Å². The monoisotopic (exact) mass is 208 g/mol. The summed E-state index contributed by atoms with van der Waals surface area (Å²) in [5.41, 5.74) is 12.0. The van der Waals surface area contributed by atoms with Gasteiger partial charge in [0.15, 0.2) is 0 Å². The van der Waals surface area contributed by atoms with Crippen LogP contribution in [0.3, 0.4) is 0 Å². The molecule has 4 N–H and O–H groups in total. The lowest BCUT2D eigenvalue weighted by Crippen LogP contribution is -2.14. The van der Waals surface area contributed by atoms with Crippen LogP contribution in [-0.4, -0.2) is 22.7 Å². The minimum Gasteiger partial charge on any atom is -0.383 e. The van der Waals surface area contributed by atoms with Crippen molar-refractivity contribution in [2.75, 3.05) is 12.3 Å². The van der Waals surface area contributed by atoms with Crippen molar-refractivity contribution < 1.29 is 4.74 Å². The molecule has 5 heteroatoms. The van der Waals surface area contributed by atoms with Crippen LogP contribution >= 0.6 is 0 Å². The molecule has 1 aromatic rings. The molecule has 5 nitrogen and oxygen atoms in total. The fraction of sp³-hybridized carbons (Fsp3) is 0.600. The maximum atomic E-state index is 5.73. The van der Waals surface area contributed by atoms with Gasteiger partial charge in [-0.25, -0.2) is 9.97 Å². The molecule has 1 saturated heterocycles. The molecule has 1 fully saturated rings. The van der Waals surface area contributed by atoms with E-state index in [-0.39, 0.29) is 6.10 Å². The Morgan fingerprint density at radius 2 is 2.40 bits per heavy atom. The van der Waals surface area contributed by atoms with Crippen molar-refractivity contribution in [3.8, 4) is 0 Å². The lowest BCUT2D eigenvalue weighted by Gasteiger charge is -2.09. The zero-order valence-corrected chi connectivity index (χ0v) is 8.65. The van der Waals surface area contributed by atoms with Gasteiger partial charge in [-0.2, -0.15) is 0 Å². The van der Waals surface area contributed by atoms with E-state index >= 15 is 0 Å². The third kappa shape index (κ3) is 2.43. The van der Waals surface area contributed by atoms with E-state index in [4.69, 9.17) is 16.2 Å². The van der Waals surface area contributed by atoms with Crippen molar-refractivity contribution in [1.82, 2.24) is 9.97 Å². The van der Waals surface area contributed by atoms with Gasteiger partial charge in [0.2, 0.25) is 0 Å². The van der Waals surface area contributed by atoms with E-state index in [0.29, 0.717) is 12.4 Å². The van der Waals surface area contributed by atoms with E-state index in [9.17, 15) is 0 Å². The molecule has 0 spiro atoms. The van der Waals surface area contributed by atoms with Gasteiger partial charge in [-0.3, -0.25) is 0 Å². The molecule has 0 saturated carbocycles. The minimum absolute atomic E-state index is 0.258. The zero-order chi connectivity index (χ0) is 10.7. The number of hydrogen-bond acceptors (Lipinski definition) is 5. The summed E-state index contributed by atoms with van der Waals surface area (Å²) < 4.78 is 5.51. The van der Waals surface area contributed by atoms with E-state index in [1.807, 2.05) is 0 Å². The number of anilines is 1. The van der Waals surface area contributed by atoms with Crippen molar-refractivity contribution in [3.63, 3.8) is 0 Å². The van der Waals surface area contributed by atoms with Crippen molar-refractivity contribution >= 4 is 5.82 Å². The summed E-state index contributed by atoms with van der Waals surface area (Å²) in [4.78, 5) is 8.44. The molecule has 1 atom stereocenters. The van der Waals surface area contributed by atoms with Crippen LogP contribution in [0.4, 0.5) is 5.82 Å². The molecular weight excluding hydrogens is 192 g/mol. The number of nitrogens with zero attached hydrogens (tertiary/aromatic N) is 2. The fourth-order valence-corrected chi connectivity index (χ4v) is 1.72. The molecule has 0 radical (unpaired) electrons. The molecule has 1 aromatic heterocycles. The van der Waals surface area contributed by atoms with Gasteiger partial charge in [0.05, 0.1) is 6.10 Å². The predicted octanol–water partition coefficient (Wildman–Crippen LogP) is 0.239. The molecule has 82 valence electrons. The van der Waals surface area contributed by atoms with Crippen LogP contribution in [0.5, 0.6) is 0 Å². The number of aromatic nitrogens is 2. The summed E-state index contributed by atoms with van der Waals surface area (Å²) in [5, 5.41) is 0. The Balaban J connectivity index is 2.05. The van der Waals surface area contributed by atoms with Gasteiger partial charge in [0, 0.05) is 31.3 Å². The van der Waals surface area contributed by atoms with Gasteiger partial charge in [-0.15, -0.1) is 0 Å². The Hall–Kier alpha value is -1.20. The molecule has 2 heterocycles. The smallest absolute Gasteiger partial charge is 0.133 e. The summed E-state index contributed by atoms with van der Waals surface area (Å²) in [6, 6.07) is 0. The number of ether oxygens (including phenoxy) is 1. The number of hydrogen-bond donors (Lipinski definition) is 2. The zero-order valence-electron chi connectivity index (χ0n) is 8.65. The Labute approximate surface area is 88.8 Å². The van der Waals surface area contributed by atoms with Crippen LogP contribution in [0.1, 0.15) is 24.2 Å². The fourth-order valence-electron chi connectivity index (χ4n) is 1.72. The van der Waals surface area contributed by atoms with E-state index in [1.54, 1.807) is 6.20 Å². The van der Waals surface area contributed by atoms with Gasteiger partial charge in [-0.05, 0) is 12.8 Å². The van der Waals surface area contributed by atoms with E-state index in [0.717, 1.165) is 37.3 Å².